The number of nitrogens with zero attached hydrogens (tertiary/aromatic N) is 5. The molecule has 35 heavy (non-hydrogen) atoms. The summed E-state index contributed by atoms with van der Waals surface area (Å²) in [5.74, 6) is -3.09. The molecule has 2 aliphatic rings. The lowest BCUT2D eigenvalue weighted by Crippen LogP contribution is -2.43. The summed E-state index contributed by atoms with van der Waals surface area (Å²) in [5, 5.41) is 2.79. The molecule has 0 bridgehead atoms. The zero-order valence-corrected chi connectivity index (χ0v) is 19.5. The Bertz CT molecular complexity index is 1270. The molecule has 0 saturated carbocycles. The third-order valence-electron chi connectivity index (χ3n) is 6.21. The number of fused-ring (bicyclic) bond motifs is 1. The van der Waals surface area contributed by atoms with E-state index in [0.29, 0.717) is 12.2 Å². The van der Waals surface area contributed by atoms with Gasteiger partial charge in [-0.1, -0.05) is 17.7 Å². The molecule has 2 aromatic heterocycles. The van der Waals surface area contributed by atoms with Crippen molar-refractivity contribution in [2.45, 2.75) is 19.9 Å². The predicted molar refractivity (Wildman–Crippen MR) is 126 cm³/mol. The van der Waals surface area contributed by atoms with Gasteiger partial charge in [0.2, 0.25) is 5.82 Å². The molecule has 3 heterocycles. The number of anilines is 2. The number of piperazine rings is 1. The van der Waals surface area contributed by atoms with Crippen LogP contribution in [-0.2, 0) is 13.0 Å². The maximum Gasteiger partial charge on any atom is 0.261 e. The third-order valence-corrected chi connectivity index (χ3v) is 6.21. The first-order valence-corrected chi connectivity index (χ1v) is 11.4. The van der Waals surface area contributed by atoms with E-state index >= 15 is 4.39 Å². The molecule has 1 aromatic carbocycles. The molecule has 1 N–H and O–H groups in total. The number of pyridine rings is 1. The average molecular weight is 483 g/mol. The normalized spacial score (nSPS) is 16.2. The highest BCUT2D eigenvalue weighted by Crippen LogP contribution is 2.37. The van der Waals surface area contributed by atoms with Gasteiger partial charge in [0.05, 0.1) is 0 Å². The Morgan fingerprint density at radius 3 is 2.57 bits per heavy atom. The Balaban J connectivity index is 1.30. The molecule has 0 spiro atoms. The molecular weight excluding hydrogens is 457 g/mol. The molecule has 1 aliphatic carbocycles. The number of benzene rings is 1. The van der Waals surface area contributed by atoms with Crippen LogP contribution in [0.1, 0.15) is 23.6 Å². The number of allylic oxidation sites excluding steroid dienone is 1. The SMILES string of the molecule is CC1=Cc2c(F)c(Oc3ncnc(Nc4ccc(CN5CCN(C)CC5)cn4)c3F)cc(F)c2C1. The molecule has 1 saturated heterocycles. The first kappa shape index (κ1) is 23.3. The fourth-order valence-electron chi connectivity index (χ4n) is 4.23. The predicted octanol–water partition coefficient (Wildman–Crippen LogP) is 4.53. The van der Waals surface area contributed by atoms with Gasteiger partial charge in [0.1, 0.15) is 18.0 Å². The van der Waals surface area contributed by atoms with Crippen LogP contribution >= 0.6 is 0 Å². The Morgan fingerprint density at radius 2 is 1.83 bits per heavy atom. The quantitative estimate of drug-likeness (QED) is 0.554. The minimum absolute atomic E-state index is 0.117. The molecule has 182 valence electrons. The van der Waals surface area contributed by atoms with E-state index in [4.69, 9.17) is 4.74 Å². The second kappa shape index (κ2) is 9.63. The summed E-state index contributed by atoms with van der Waals surface area (Å²) in [7, 11) is 2.11. The summed E-state index contributed by atoms with van der Waals surface area (Å²) >= 11 is 0. The topological polar surface area (TPSA) is 66.4 Å². The number of ether oxygens (including phenoxy) is 1. The summed E-state index contributed by atoms with van der Waals surface area (Å²) in [5.41, 5.74) is 2.26. The molecule has 0 radical (unpaired) electrons. The number of halogens is 3. The number of likely N-dealkylation sites (N-methyl/N-ethyl adjacent to an activating group) is 1. The van der Waals surface area contributed by atoms with Crippen molar-refractivity contribution in [3.63, 3.8) is 0 Å². The van der Waals surface area contributed by atoms with E-state index in [1.807, 2.05) is 6.07 Å². The van der Waals surface area contributed by atoms with E-state index < -0.39 is 29.1 Å². The highest BCUT2D eigenvalue weighted by Gasteiger charge is 2.24. The number of rotatable bonds is 6. The lowest BCUT2D eigenvalue weighted by molar-refractivity contribution is 0.148. The van der Waals surface area contributed by atoms with Gasteiger partial charge in [-0.2, -0.15) is 9.37 Å². The van der Waals surface area contributed by atoms with Crippen LogP contribution in [0.15, 0.2) is 36.3 Å². The van der Waals surface area contributed by atoms with Crippen LogP contribution in [0.4, 0.5) is 24.8 Å². The van der Waals surface area contributed by atoms with Crippen molar-refractivity contribution in [2.24, 2.45) is 0 Å². The molecular formula is C25H25F3N6O. The summed E-state index contributed by atoms with van der Waals surface area (Å²) in [6, 6.07) is 4.57. The number of hydrogen-bond donors (Lipinski definition) is 1. The van der Waals surface area contributed by atoms with Crippen molar-refractivity contribution in [3.8, 4) is 11.6 Å². The third kappa shape index (κ3) is 4.98. The van der Waals surface area contributed by atoms with Gasteiger partial charge in [-0.25, -0.2) is 18.7 Å². The number of hydrogen-bond acceptors (Lipinski definition) is 7. The lowest BCUT2D eigenvalue weighted by Gasteiger charge is -2.32. The van der Waals surface area contributed by atoms with Crippen molar-refractivity contribution in [1.29, 1.82) is 0 Å². The molecule has 0 amide bonds. The summed E-state index contributed by atoms with van der Waals surface area (Å²) in [6.07, 6.45) is 4.70. The fraction of sp³-hybridized carbons (Fsp3) is 0.320. The van der Waals surface area contributed by atoms with Gasteiger partial charge in [-0.3, -0.25) is 4.90 Å². The molecule has 5 rings (SSSR count). The van der Waals surface area contributed by atoms with Crippen LogP contribution < -0.4 is 10.1 Å². The zero-order chi connectivity index (χ0) is 24.5. The largest absolute Gasteiger partial charge is 0.433 e. The van der Waals surface area contributed by atoms with Crippen LogP contribution in [0.3, 0.4) is 0 Å². The van der Waals surface area contributed by atoms with Crippen LogP contribution in [0.25, 0.3) is 6.08 Å². The van der Waals surface area contributed by atoms with Gasteiger partial charge < -0.3 is 15.0 Å². The molecule has 0 unspecified atom stereocenters. The van der Waals surface area contributed by atoms with Gasteiger partial charge in [0.25, 0.3) is 5.88 Å². The molecule has 1 aliphatic heterocycles. The van der Waals surface area contributed by atoms with E-state index in [1.165, 1.54) is 0 Å². The van der Waals surface area contributed by atoms with E-state index in [9.17, 15) is 8.78 Å². The zero-order valence-electron chi connectivity index (χ0n) is 19.5. The lowest BCUT2D eigenvalue weighted by atomic mass is 10.1. The highest BCUT2D eigenvalue weighted by molar-refractivity contribution is 5.66. The van der Waals surface area contributed by atoms with Crippen LogP contribution in [-0.4, -0.2) is 58.0 Å². The van der Waals surface area contributed by atoms with Gasteiger partial charge >= 0.3 is 0 Å². The van der Waals surface area contributed by atoms with Crippen molar-refractivity contribution in [2.75, 3.05) is 38.5 Å². The van der Waals surface area contributed by atoms with Gasteiger partial charge in [0.15, 0.2) is 17.4 Å². The monoisotopic (exact) mass is 482 g/mol. The van der Waals surface area contributed by atoms with Gasteiger partial charge in [0, 0.05) is 56.1 Å². The van der Waals surface area contributed by atoms with Gasteiger partial charge in [-0.15, -0.1) is 0 Å². The summed E-state index contributed by atoms with van der Waals surface area (Å²) < 4.78 is 49.7. The fourth-order valence-corrected chi connectivity index (χ4v) is 4.23. The van der Waals surface area contributed by atoms with Crippen molar-refractivity contribution >= 4 is 17.7 Å². The first-order valence-electron chi connectivity index (χ1n) is 11.4. The molecule has 0 atom stereocenters. The maximum atomic E-state index is 15.1. The molecule has 1 fully saturated rings. The van der Waals surface area contributed by atoms with Crippen LogP contribution in [0.5, 0.6) is 11.6 Å². The molecule has 10 heteroatoms. The van der Waals surface area contributed by atoms with E-state index in [0.717, 1.165) is 56.3 Å². The maximum absolute atomic E-state index is 15.1. The van der Waals surface area contributed by atoms with Crippen molar-refractivity contribution < 1.29 is 17.9 Å². The minimum Gasteiger partial charge on any atom is -0.433 e. The summed E-state index contributed by atoms with van der Waals surface area (Å²) in [6.45, 7) is 6.63. The van der Waals surface area contributed by atoms with E-state index in [-0.39, 0.29) is 16.9 Å². The van der Waals surface area contributed by atoms with E-state index in [1.54, 1.807) is 25.3 Å². The van der Waals surface area contributed by atoms with E-state index in [2.05, 4.69) is 37.1 Å². The van der Waals surface area contributed by atoms with Gasteiger partial charge in [-0.05, 0) is 32.0 Å². The molecule has 3 aromatic rings. The standard InChI is InChI=1S/C25H25F3N6O/c1-15-9-17-18(10-15)22(27)20(11-19(17)26)35-25-23(28)24(30-14-31-25)32-21-4-3-16(12-29-21)13-34-7-5-33(2)6-8-34/h3-4,10-12,14H,5-9,13H2,1-2H3,(H,29,30,31,32). The highest BCUT2D eigenvalue weighted by atomic mass is 19.1. The Hall–Kier alpha value is -3.50. The second-order valence-corrected chi connectivity index (χ2v) is 8.93. The van der Waals surface area contributed by atoms with Crippen LogP contribution in [0, 0.1) is 17.5 Å². The van der Waals surface area contributed by atoms with Crippen LogP contribution in [0.2, 0.25) is 0 Å². The van der Waals surface area contributed by atoms with Crippen molar-refractivity contribution in [1.82, 2.24) is 24.8 Å². The molecule has 7 nitrogen and oxygen atoms in total. The Kier molecular flexibility index (Phi) is 6.40. The minimum atomic E-state index is -0.942. The smallest absolute Gasteiger partial charge is 0.261 e. The number of aromatic nitrogens is 3. The Labute approximate surface area is 201 Å². The summed E-state index contributed by atoms with van der Waals surface area (Å²) in [4.78, 5) is 16.7. The average Bonchev–Trinajstić information content (AvgIpc) is 3.25. The van der Waals surface area contributed by atoms with Crippen molar-refractivity contribution in [3.05, 3.63) is 70.4 Å². The first-order chi connectivity index (χ1) is 16.9. The number of nitrogens with one attached hydrogen (secondary N) is 1. The second-order valence-electron chi connectivity index (χ2n) is 8.93. The Morgan fingerprint density at radius 1 is 1.03 bits per heavy atom.